The number of rotatable bonds is 4. The van der Waals surface area contributed by atoms with Gasteiger partial charge in [-0.2, -0.15) is 4.98 Å². The van der Waals surface area contributed by atoms with Gasteiger partial charge in [0.2, 0.25) is 5.95 Å². The lowest BCUT2D eigenvalue weighted by atomic mass is 10.2. The number of carbonyl (C=O) groups is 2. The highest BCUT2D eigenvalue weighted by atomic mass is 32.1. The molecule has 0 aliphatic carbocycles. The Morgan fingerprint density at radius 1 is 1.44 bits per heavy atom. The summed E-state index contributed by atoms with van der Waals surface area (Å²) in [6.45, 7) is 2.55. The summed E-state index contributed by atoms with van der Waals surface area (Å²) in [6, 6.07) is 0. The van der Waals surface area contributed by atoms with Crippen molar-refractivity contribution in [1.29, 1.82) is 0 Å². The van der Waals surface area contributed by atoms with Crippen LogP contribution < -0.4 is 10.6 Å². The Morgan fingerprint density at radius 2 is 2.20 bits per heavy atom. The van der Waals surface area contributed by atoms with E-state index in [9.17, 15) is 14.4 Å². The largest absolute Gasteiger partial charge is 0.463 e. The van der Waals surface area contributed by atoms with E-state index in [0.29, 0.717) is 10.3 Å². The van der Waals surface area contributed by atoms with Crippen LogP contribution in [0.5, 0.6) is 0 Å². The van der Waals surface area contributed by atoms with Gasteiger partial charge in [0.25, 0.3) is 0 Å². The predicted molar refractivity (Wildman–Crippen MR) is 86.8 cm³/mol. The highest BCUT2D eigenvalue weighted by Gasteiger charge is 2.41. The van der Waals surface area contributed by atoms with E-state index in [2.05, 4.69) is 9.97 Å². The number of ether oxygens (including phenoxy) is 3. The first kappa shape index (κ1) is 17.3. The van der Waals surface area contributed by atoms with Gasteiger partial charge in [0.1, 0.15) is 12.7 Å². The van der Waals surface area contributed by atoms with Crippen molar-refractivity contribution >= 4 is 39.6 Å². The van der Waals surface area contributed by atoms with Crippen molar-refractivity contribution in [3.05, 3.63) is 15.9 Å². The summed E-state index contributed by atoms with van der Waals surface area (Å²) in [7, 11) is 0. The van der Waals surface area contributed by atoms with Crippen LogP contribution in [0, 0.1) is 0 Å². The van der Waals surface area contributed by atoms with Gasteiger partial charge in [-0.05, 0) is 0 Å². The molecule has 0 amide bonds. The Labute approximate surface area is 145 Å². The van der Waals surface area contributed by atoms with E-state index in [1.807, 2.05) is 0 Å². The van der Waals surface area contributed by atoms with Crippen molar-refractivity contribution in [3.63, 3.8) is 0 Å². The van der Waals surface area contributed by atoms with Gasteiger partial charge in [0, 0.05) is 20.3 Å². The Morgan fingerprint density at radius 3 is 2.88 bits per heavy atom. The third kappa shape index (κ3) is 3.61. The Bertz CT molecular complexity index is 878. The second-order valence-corrected chi connectivity index (χ2v) is 6.48. The van der Waals surface area contributed by atoms with Crippen LogP contribution >= 0.6 is 11.3 Å². The van der Waals surface area contributed by atoms with E-state index in [0.717, 1.165) is 11.3 Å². The highest BCUT2D eigenvalue weighted by molar-refractivity contribution is 7.16. The van der Waals surface area contributed by atoms with E-state index in [1.165, 1.54) is 24.6 Å². The number of anilines is 1. The summed E-state index contributed by atoms with van der Waals surface area (Å²) in [4.78, 5) is 42.4. The minimum Gasteiger partial charge on any atom is -0.463 e. The highest BCUT2D eigenvalue weighted by Crippen LogP contribution is 2.33. The van der Waals surface area contributed by atoms with E-state index >= 15 is 0 Å². The Hall–Kier alpha value is -2.53. The lowest BCUT2D eigenvalue weighted by Crippen LogP contribution is -2.30. The zero-order valence-corrected chi connectivity index (χ0v) is 14.3. The molecule has 1 saturated heterocycles. The average Bonchev–Trinajstić information content (AvgIpc) is 3.04. The molecule has 2 aromatic heterocycles. The summed E-state index contributed by atoms with van der Waals surface area (Å²) in [5.41, 5.74) is 5.91. The number of carbonyl (C=O) groups excluding carboxylic acids is 2. The van der Waals surface area contributed by atoms with E-state index in [1.54, 1.807) is 0 Å². The summed E-state index contributed by atoms with van der Waals surface area (Å²) in [5.74, 6) is -0.944. The molecule has 3 heterocycles. The molecular formula is C14H16N4O6S. The molecule has 0 saturated carbocycles. The molecule has 0 bridgehead atoms. The Balaban J connectivity index is 1.96. The van der Waals surface area contributed by atoms with Crippen LogP contribution in [0.1, 0.15) is 26.5 Å². The third-order valence-corrected chi connectivity index (χ3v) is 4.45. The van der Waals surface area contributed by atoms with Crippen LogP contribution in [-0.4, -0.2) is 45.3 Å². The van der Waals surface area contributed by atoms with Crippen LogP contribution in [0.4, 0.5) is 5.95 Å². The molecule has 1 fully saturated rings. The van der Waals surface area contributed by atoms with Crippen molar-refractivity contribution in [2.45, 2.75) is 38.7 Å². The van der Waals surface area contributed by atoms with Gasteiger partial charge < -0.3 is 19.9 Å². The number of nitrogen functional groups attached to an aromatic ring is 1. The lowest BCUT2D eigenvalue weighted by Gasteiger charge is -2.19. The van der Waals surface area contributed by atoms with Crippen LogP contribution in [-0.2, 0) is 23.8 Å². The van der Waals surface area contributed by atoms with E-state index < -0.39 is 30.4 Å². The first-order valence-electron chi connectivity index (χ1n) is 7.44. The fourth-order valence-electron chi connectivity index (χ4n) is 2.65. The number of fused-ring (bicyclic) bond motifs is 1. The molecule has 0 spiro atoms. The maximum atomic E-state index is 12.4. The summed E-state index contributed by atoms with van der Waals surface area (Å²) < 4.78 is 17.9. The molecule has 2 N–H and O–H groups in total. The standard InChI is InChI=1S/C14H16N4O6S/c1-6(19)22-5-8-3-9(23-7(2)20)12(24-8)18-11-10(25-14(18)21)4-16-13(15)17-11/h4,8-9,12H,3,5H2,1-2H3,(H2,15,16,17)/t8?,9-,12-/m1/s1. The second kappa shape index (κ2) is 6.76. The molecule has 3 atom stereocenters. The average molecular weight is 368 g/mol. The minimum absolute atomic E-state index is 0.00244. The van der Waals surface area contributed by atoms with Crippen LogP contribution in [0.15, 0.2) is 11.0 Å². The second-order valence-electron chi connectivity index (χ2n) is 5.49. The molecule has 1 unspecified atom stereocenters. The number of hydrogen-bond donors (Lipinski definition) is 1. The summed E-state index contributed by atoms with van der Waals surface area (Å²) in [5, 5.41) is 0. The van der Waals surface area contributed by atoms with Crippen LogP contribution in [0.3, 0.4) is 0 Å². The zero-order valence-electron chi connectivity index (χ0n) is 13.5. The molecule has 134 valence electrons. The molecule has 0 radical (unpaired) electrons. The molecule has 1 aliphatic heterocycles. The van der Waals surface area contributed by atoms with Gasteiger partial charge in [-0.15, -0.1) is 0 Å². The number of esters is 2. The first-order chi connectivity index (χ1) is 11.8. The third-order valence-electron chi connectivity index (χ3n) is 3.57. The monoisotopic (exact) mass is 368 g/mol. The quantitative estimate of drug-likeness (QED) is 0.751. The van der Waals surface area contributed by atoms with Gasteiger partial charge in [-0.25, -0.2) is 4.98 Å². The zero-order chi connectivity index (χ0) is 18.1. The molecule has 3 rings (SSSR count). The molecule has 1 aliphatic rings. The molecule has 10 nitrogen and oxygen atoms in total. The number of nitrogens with zero attached hydrogens (tertiary/aromatic N) is 3. The van der Waals surface area contributed by atoms with Gasteiger partial charge in [-0.1, -0.05) is 11.3 Å². The van der Waals surface area contributed by atoms with Crippen molar-refractivity contribution < 1.29 is 23.8 Å². The number of aromatic nitrogens is 3. The van der Waals surface area contributed by atoms with E-state index in [4.69, 9.17) is 19.9 Å². The fraction of sp³-hybridized carbons (Fsp3) is 0.500. The lowest BCUT2D eigenvalue weighted by molar-refractivity contribution is -0.152. The Kier molecular flexibility index (Phi) is 4.68. The van der Waals surface area contributed by atoms with E-state index in [-0.39, 0.29) is 23.8 Å². The number of hydrogen-bond acceptors (Lipinski definition) is 10. The molecule has 11 heteroatoms. The molecule has 0 aromatic carbocycles. The van der Waals surface area contributed by atoms with Crippen LogP contribution in [0.2, 0.25) is 0 Å². The smallest absolute Gasteiger partial charge is 0.311 e. The van der Waals surface area contributed by atoms with Crippen molar-refractivity contribution in [1.82, 2.24) is 14.5 Å². The topological polar surface area (TPSA) is 136 Å². The normalized spacial score (nSPS) is 22.9. The van der Waals surface area contributed by atoms with Gasteiger partial charge in [0.15, 0.2) is 11.9 Å². The fourth-order valence-corrected chi connectivity index (χ4v) is 3.47. The van der Waals surface area contributed by atoms with Gasteiger partial charge in [-0.3, -0.25) is 19.0 Å². The maximum Gasteiger partial charge on any atom is 0.311 e. The van der Waals surface area contributed by atoms with Gasteiger partial charge in [0.05, 0.1) is 17.0 Å². The number of thiazole rings is 1. The van der Waals surface area contributed by atoms with Crippen molar-refractivity contribution in [2.75, 3.05) is 12.3 Å². The SMILES string of the molecule is CC(=O)OCC1C[C@@H](OC(C)=O)[C@H](n2c(=O)sc3cnc(N)nc32)O1. The summed E-state index contributed by atoms with van der Waals surface area (Å²) in [6.07, 6.45) is -0.391. The maximum absolute atomic E-state index is 12.4. The molecular weight excluding hydrogens is 352 g/mol. The summed E-state index contributed by atoms with van der Waals surface area (Å²) >= 11 is 0.936. The molecule has 25 heavy (non-hydrogen) atoms. The van der Waals surface area contributed by atoms with Crippen molar-refractivity contribution in [3.8, 4) is 0 Å². The minimum atomic E-state index is -0.889. The number of nitrogens with two attached hydrogens (primary N) is 1. The van der Waals surface area contributed by atoms with Gasteiger partial charge >= 0.3 is 16.8 Å². The van der Waals surface area contributed by atoms with Crippen molar-refractivity contribution in [2.24, 2.45) is 0 Å². The molecule has 2 aromatic rings. The first-order valence-corrected chi connectivity index (χ1v) is 8.26. The van der Waals surface area contributed by atoms with Crippen LogP contribution in [0.25, 0.3) is 10.3 Å². The predicted octanol–water partition coefficient (Wildman–Crippen LogP) is 0.217.